The maximum atomic E-state index is 12.0. The van der Waals surface area contributed by atoms with Crippen LogP contribution in [0.1, 0.15) is 42.1 Å². The van der Waals surface area contributed by atoms with Crippen LogP contribution in [-0.4, -0.2) is 33.2 Å². The molecule has 0 unspecified atom stereocenters. The maximum Gasteiger partial charge on any atom is 0.286 e. The van der Waals surface area contributed by atoms with Crippen molar-refractivity contribution in [3.8, 4) is 0 Å². The fraction of sp³-hybridized carbons (Fsp3) is 0.538. The normalized spacial score (nSPS) is 14.4. The van der Waals surface area contributed by atoms with Gasteiger partial charge in [-0.3, -0.25) is 9.59 Å². The number of nitrogens with two attached hydrogens (primary N) is 1. The van der Waals surface area contributed by atoms with E-state index < -0.39 is 5.91 Å². The quantitative estimate of drug-likeness (QED) is 0.859. The van der Waals surface area contributed by atoms with Crippen molar-refractivity contribution < 1.29 is 9.59 Å². The van der Waals surface area contributed by atoms with Crippen LogP contribution in [0.25, 0.3) is 0 Å². The first-order chi connectivity index (χ1) is 8.97. The molecular formula is C13H18N4O2. The number of nitrogens with zero attached hydrogens (tertiary/aromatic N) is 3. The van der Waals surface area contributed by atoms with Crippen molar-refractivity contribution in [2.75, 3.05) is 6.54 Å². The number of carbonyl (C=O) groups is 2. The number of primary amides is 1. The van der Waals surface area contributed by atoms with Gasteiger partial charge in [0.15, 0.2) is 0 Å². The Balaban J connectivity index is 2.16. The molecule has 2 heterocycles. The molecule has 6 nitrogen and oxygen atoms in total. The number of hydrogen-bond acceptors (Lipinski definition) is 4. The van der Waals surface area contributed by atoms with Gasteiger partial charge in [-0.1, -0.05) is 13.8 Å². The second-order valence-corrected chi connectivity index (χ2v) is 5.19. The summed E-state index contributed by atoms with van der Waals surface area (Å²) in [5.41, 5.74) is 6.88. The standard InChI is InChI=1S/C13H18N4O2/c1-8(2)5-11(18)17-4-3-9-6-15-13(12(14)19)16-10(9)7-17/h6,8H,3-5,7H2,1-2H3,(H2,14,19). The van der Waals surface area contributed by atoms with Crippen LogP contribution in [0.15, 0.2) is 6.20 Å². The van der Waals surface area contributed by atoms with Crippen molar-refractivity contribution in [1.82, 2.24) is 14.9 Å². The predicted molar refractivity (Wildman–Crippen MR) is 69.1 cm³/mol. The molecule has 6 heteroatoms. The van der Waals surface area contributed by atoms with Gasteiger partial charge in [-0.2, -0.15) is 0 Å². The lowest BCUT2D eigenvalue weighted by Gasteiger charge is -2.28. The van der Waals surface area contributed by atoms with Gasteiger partial charge in [0.1, 0.15) is 0 Å². The number of rotatable bonds is 3. The molecule has 0 atom stereocenters. The molecule has 0 spiro atoms. The Morgan fingerprint density at radius 2 is 2.21 bits per heavy atom. The highest BCUT2D eigenvalue weighted by Crippen LogP contribution is 2.18. The SMILES string of the molecule is CC(C)CC(=O)N1CCc2cnc(C(N)=O)nc2C1. The summed E-state index contributed by atoms with van der Waals surface area (Å²) in [6.07, 6.45) is 2.88. The minimum absolute atomic E-state index is 0.0110. The van der Waals surface area contributed by atoms with E-state index >= 15 is 0 Å². The summed E-state index contributed by atoms with van der Waals surface area (Å²) < 4.78 is 0. The van der Waals surface area contributed by atoms with Crippen molar-refractivity contribution in [3.63, 3.8) is 0 Å². The molecule has 0 fully saturated rings. The molecule has 0 aliphatic carbocycles. The Morgan fingerprint density at radius 1 is 1.47 bits per heavy atom. The highest BCUT2D eigenvalue weighted by atomic mass is 16.2. The minimum atomic E-state index is -0.645. The lowest BCUT2D eigenvalue weighted by molar-refractivity contribution is -0.132. The molecule has 0 aromatic carbocycles. The smallest absolute Gasteiger partial charge is 0.286 e. The Bertz CT molecular complexity index is 513. The van der Waals surface area contributed by atoms with Gasteiger partial charge in [0.05, 0.1) is 12.2 Å². The lowest BCUT2D eigenvalue weighted by atomic mass is 10.0. The van der Waals surface area contributed by atoms with E-state index in [-0.39, 0.29) is 11.7 Å². The van der Waals surface area contributed by atoms with E-state index in [1.165, 1.54) is 0 Å². The van der Waals surface area contributed by atoms with Crippen LogP contribution in [0.2, 0.25) is 0 Å². The fourth-order valence-corrected chi connectivity index (χ4v) is 2.11. The highest BCUT2D eigenvalue weighted by molar-refractivity contribution is 5.88. The summed E-state index contributed by atoms with van der Waals surface area (Å²) in [5.74, 6) is -0.175. The topological polar surface area (TPSA) is 89.2 Å². The summed E-state index contributed by atoms with van der Waals surface area (Å²) in [6, 6.07) is 0. The Labute approximate surface area is 112 Å². The third-order valence-electron chi connectivity index (χ3n) is 3.10. The van der Waals surface area contributed by atoms with E-state index in [4.69, 9.17) is 5.73 Å². The van der Waals surface area contributed by atoms with Crippen LogP contribution in [0, 0.1) is 5.92 Å². The van der Waals surface area contributed by atoms with E-state index in [9.17, 15) is 9.59 Å². The molecule has 0 radical (unpaired) electrons. The van der Waals surface area contributed by atoms with E-state index in [0.29, 0.717) is 25.4 Å². The molecular weight excluding hydrogens is 244 g/mol. The first-order valence-electron chi connectivity index (χ1n) is 6.39. The summed E-state index contributed by atoms with van der Waals surface area (Å²) in [4.78, 5) is 32.9. The molecule has 2 N–H and O–H groups in total. The zero-order valence-electron chi connectivity index (χ0n) is 11.2. The Hall–Kier alpha value is -1.98. The molecule has 1 aromatic rings. The summed E-state index contributed by atoms with van der Waals surface area (Å²) >= 11 is 0. The number of amides is 2. The number of aromatic nitrogens is 2. The monoisotopic (exact) mass is 262 g/mol. The third-order valence-corrected chi connectivity index (χ3v) is 3.10. The zero-order chi connectivity index (χ0) is 14.0. The zero-order valence-corrected chi connectivity index (χ0v) is 11.2. The predicted octanol–water partition coefficient (Wildman–Crippen LogP) is 0.506. The van der Waals surface area contributed by atoms with Crippen LogP contribution < -0.4 is 5.73 Å². The summed E-state index contributed by atoms with van der Waals surface area (Å²) in [6.45, 7) is 5.15. The van der Waals surface area contributed by atoms with Crippen LogP contribution in [-0.2, 0) is 17.8 Å². The second kappa shape index (κ2) is 5.34. The molecule has 1 aliphatic heterocycles. The van der Waals surface area contributed by atoms with Gasteiger partial charge < -0.3 is 10.6 Å². The van der Waals surface area contributed by atoms with E-state index in [1.807, 2.05) is 13.8 Å². The number of hydrogen-bond donors (Lipinski definition) is 1. The fourth-order valence-electron chi connectivity index (χ4n) is 2.11. The molecule has 0 saturated carbocycles. The Morgan fingerprint density at radius 3 is 2.84 bits per heavy atom. The number of fused-ring (bicyclic) bond motifs is 1. The average Bonchev–Trinajstić information content (AvgIpc) is 2.36. The van der Waals surface area contributed by atoms with Crippen molar-refractivity contribution in [2.24, 2.45) is 11.7 Å². The van der Waals surface area contributed by atoms with Crippen LogP contribution >= 0.6 is 0 Å². The average molecular weight is 262 g/mol. The van der Waals surface area contributed by atoms with Gasteiger partial charge in [0.2, 0.25) is 11.7 Å². The number of carbonyl (C=O) groups excluding carboxylic acids is 2. The summed E-state index contributed by atoms with van der Waals surface area (Å²) in [7, 11) is 0. The largest absolute Gasteiger partial charge is 0.363 e. The molecule has 19 heavy (non-hydrogen) atoms. The molecule has 0 bridgehead atoms. The first kappa shape index (κ1) is 13.5. The van der Waals surface area contributed by atoms with Crippen LogP contribution in [0.4, 0.5) is 0 Å². The van der Waals surface area contributed by atoms with E-state index in [1.54, 1.807) is 11.1 Å². The molecule has 1 aromatic heterocycles. The third kappa shape index (κ3) is 3.07. The van der Waals surface area contributed by atoms with Gasteiger partial charge in [0.25, 0.3) is 5.91 Å². The van der Waals surface area contributed by atoms with Gasteiger partial charge in [-0.25, -0.2) is 9.97 Å². The minimum Gasteiger partial charge on any atom is -0.363 e. The van der Waals surface area contributed by atoms with Crippen LogP contribution in [0.5, 0.6) is 0 Å². The molecule has 1 aliphatic rings. The maximum absolute atomic E-state index is 12.0. The van der Waals surface area contributed by atoms with Crippen molar-refractivity contribution >= 4 is 11.8 Å². The molecule has 2 rings (SSSR count). The van der Waals surface area contributed by atoms with E-state index in [2.05, 4.69) is 9.97 Å². The van der Waals surface area contributed by atoms with Crippen molar-refractivity contribution in [3.05, 3.63) is 23.3 Å². The van der Waals surface area contributed by atoms with Gasteiger partial charge in [-0.05, 0) is 17.9 Å². The van der Waals surface area contributed by atoms with Gasteiger partial charge in [-0.15, -0.1) is 0 Å². The highest BCUT2D eigenvalue weighted by Gasteiger charge is 2.23. The van der Waals surface area contributed by atoms with Crippen LogP contribution in [0.3, 0.4) is 0 Å². The van der Waals surface area contributed by atoms with Gasteiger partial charge >= 0.3 is 0 Å². The second-order valence-electron chi connectivity index (χ2n) is 5.19. The molecule has 102 valence electrons. The molecule has 2 amide bonds. The van der Waals surface area contributed by atoms with Crippen molar-refractivity contribution in [1.29, 1.82) is 0 Å². The Kier molecular flexibility index (Phi) is 3.78. The summed E-state index contributed by atoms with van der Waals surface area (Å²) in [5, 5.41) is 0. The van der Waals surface area contributed by atoms with E-state index in [0.717, 1.165) is 17.7 Å². The molecule has 0 saturated heterocycles. The van der Waals surface area contributed by atoms with Crippen molar-refractivity contribution in [2.45, 2.75) is 33.2 Å². The van der Waals surface area contributed by atoms with Gasteiger partial charge in [0, 0.05) is 19.2 Å². The lowest BCUT2D eigenvalue weighted by Crippen LogP contribution is -2.37. The first-order valence-corrected chi connectivity index (χ1v) is 6.39.